The van der Waals surface area contributed by atoms with Crippen LogP contribution in [0.3, 0.4) is 0 Å². The molecule has 41 heavy (non-hydrogen) atoms. The molecule has 222 valence electrons. The first-order valence-electron chi connectivity index (χ1n) is 14.8. The molecule has 2 bridgehead atoms. The molecule has 2 aliphatic heterocycles. The van der Waals surface area contributed by atoms with Gasteiger partial charge in [0.15, 0.2) is 6.29 Å². The van der Waals surface area contributed by atoms with E-state index in [-0.39, 0.29) is 43.5 Å². The van der Waals surface area contributed by atoms with Gasteiger partial charge in [-0.25, -0.2) is 0 Å². The normalized spacial score (nSPS) is 31.1. The summed E-state index contributed by atoms with van der Waals surface area (Å²) in [6.45, 7) is 11.4. The topological polar surface area (TPSA) is 108 Å². The summed E-state index contributed by atoms with van der Waals surface area (Å²) in [4.78, 5) is 25.5. The first-order valence-corrected chi connectivity index (χ1v) is 14.8. The van der Waals surface area contributed by atoms with E-state index in [2.05, 4.69) is 37.9 Å². The van der Waals surface area contributed by atoms with Crippen molar-refractivity contribution in [3.8, 4) is 0 Å². The number of fused-ring (bicyclic) bond motifs is 2. The number of anilines is 1. The molecule has 0 spiro atoms. The van der Waals surface area contributed by atoms with Crippen LogP contribution < -0.4 is 5.32 Å². The summed E-state index contributed by atoms with van der Waals surface area (Å²) in [6.07, 6.45) is 2.61. The molecular weight excluding hydrogens is 520 g/mol. The Labute approximate surface area is 243 Å². The Hall–Kier alpha value is -2.78. The van der Waals surface area contributed by atoms with Crippen molar-refractivity contribution < 1.29 is 29.3 Å². The Morgan fingerprint density at radius 3 is 2.32 bits per heavy atom. The van der Waals surface area contributed by atoms with Crippen molar-refractivity contribution in [2.45, 2.75) is 90.9 Å². The number of benzene rings is 2. The highest BCUT2D eigenvalue weighted by Crippen LogP contribution is 2.53. The maximum Gasteiger partial charge on any atom is 0.303 e. The SMILES string of the molecule is C[C@@H]1[C@H](CN2CC3(C)CC2CC(C)(C)C3)O[C@H](c2ccc(NC(=O)CCC(=O)O)cc2)O[C@@H]1c1ccc(CO)cc1. The smallest absolute Gasteiger partial charge is 0.303 e. The molecule has 2 aromatic rings. The van der Waals surface area contributed by atoms with Gasteiger partial charge in [-0.05, 0) is 53.4 Å². The number of aliphatic carboxylic acids is 1. The first kappa shape index (κ1) is 29.7. The van der Waals surface area contributed by atoms with Crippen LogP contribution in [0, 0.1) is 16.7 Å². The third-order valence-electron chi connectivity index (χ3n) is 9.09. The van der Waals surface area contributed by atoms with E-state index in [0.29, 0.717) is 22.6 Å². The van der Waals surface area contributed by atoms with Crippen LogP contribution in [0.5, 0.6) is 0 Å². The van der Waals surface area contributed by atoms with Crippen LogP contribution in [0.1, 0.15) is 88.9 Å². The highest BCUT2D eigenvalue weighted by Gasteiger charge is 2.51. The summed E-state index contributed by atoms with van der Waals surface area (Å²) in [5, 5.41) is 21.1. The standard InChI is InChI=1S/C33H44N2O6/c1-21-27(17-35-20-33(4)16-26(35)15-32(2,3)19-33)40-31(41-30(21)23-7-5-22(18-36)6-8-23)24-9-11-25(12-10-24)34-28(37)13-14-29(38)39/h5-12,21,26-27,30-31,36H,13-20H2,1-4H3,(H,34,37)(H,38,39)/t21-,26?,27+,30+,31+,33?/m1/s1. The second-order valence-corrected chi connectivity index (χ2v) is 13.5. The van der Waals surface area contributed by atoms with Crippen molar-refractivity contribution in [2.24, 2.45) is 16.7 Å². The number of amides is 1. The molecule has 0 radical (unpaired) electrons. The molecule has 6 atom stereocenters. The summed E-state index contributed by atoms with van der Waals surface area (Å²) >= 11 is 0. The quantitative estimate of drug-likeness (QED) is 0.360. The number of carbonyl (C=O) groups excluding carboxylic acids is 1. The number of rotatable bonds is 9. The number of nitrogens with zero attached hydrogens (tertiary/aromatic N) is 1. The Morgan fingerprint density at radius 2 is 1.66 bits per heavy atom. The zero-order chi connectivity index (χ0) is 29.4. The number of carboxylic acid groups (broad SMARTS) is 1. The van der Waals surface area contributed by atoms with Crippen molar-refractivity contribution >= 4 is 17.6 Å². The largest absolute Gasteiger partial charge is 0.481 e. The lowest BCUT2D eigenvalue weighted by Crippen LogP contribution is -2.46. The fourth-order valence-corrected chi connectivity index (χ4v) is 7.52. The van der Waals surface area contributed by atoms with Gasteiger partial charge >= 0.3 is 5.97 Å². The monoisotopic (exact) mass is 564 g/mol. The molecule has 1 amide bonds. The molecule has 2 heterocycles. The lowest BCUT2D eigenvalue weighted by Gasteiger charge is -2.43. The van der Waals surface area contributed by atoms with Crippen LogP contribution >= 0.6 is 0 Å². The maximum absolute atomic E-state index is 12.1. The van der Waals surface area contributed by atoms with Crippen molar-refractivity contribution in [3.05, 3.63) is 65.2 Å². The zero-order valence-electron chi connectivity index (χ0n) is 24.6. The Morgan fingerprint density at radius 1 is 0.976 bits per heavy atom. The van der Waals surface area contributed by atoms with Gasteiger partial charge in [-0.15, -0.1) is 0 Å². The van der Waals surface area contributed by atoms with Crippen LogP contribution in [0.2, 0.25) is 0 Å². The number of hydrogen-bond donors (Lipinski definition) is 3. The lowest BCUT2D eigenvalue weighted by atomic mass is 9.65. The van der Waals surface area contributed by atoms with Gasteiger partial charge in [-0.2, -0.15) is 0 Å². The Kier molecular flexibility index (Phi) is 8.58. The van der Waals surface area contributed by atoms with Crippen molar-refractivity contribution in [3.63, 3.8) is 0 Å². The molecule has 3 N–H and O–H groups in total. The number of likely N-dealkylation sites (tertiary alicyclic amines) is 1. The van der Waals surface area contributed by atoms with Crippen LogP contribution in [-0.2, 0) is 25.7 Å². The number of carbonyl (C=O) groups is 2. The minimum absolute atomic E-state index is 0.000375. The van der Waals surface area contributed by atoms with E-state index < -0.39 is 12.3 Å². The second-order valence-electron chi connectivity index (χ2n) is 13.5. The third-order valence-corrected chi connectivity index (χ3v) is 9.09. The number of ether oxygens (including phenoxy) is 2. The van der Waals surface area contributed by atoms with Gasteiger partial charge in [-0.1, -0.05) is 64.1 Å². The molecule has 1 aliphatic carbocycles. The molecule has 8 heteroatoms. The molecule has 3 fully saturated rings. The molecular formula is C33H44N2O6. The number of carboxylic acids is 1. The highest BCUT2D eigenvalue weighted by molar-refractivity contribution is 5.92. The Balaban J connectivity index is 1.35. The first-order chi connectivity index (χ1) is 19.4. The predicted octanol–water partition coefficient (Wildman–Crippen LogP) is 5.67. The average Bonchev–Trinajstić information content (AvgIpc) is 3.16. The predicted molar refractivity (Wildman–Crippen MR) is 156 cm³/mol. The highest BCUT2D eigenvalue weighted by atomic mass is 16.7. The van der Waals surface area contributed by atoms with E-state index in [1.165, 1.54) is 19.3 Å². The van der Waals surface area contributed by atoms with Crippen molar-refractivity contribution in [1.82, 2.24) is 4.90 Å². The van der Waals surface area contributed by atoms with Gasteiger partial charge in [0.05, 0.1) is 25.2 Å². The molecule has 1 saturated carbocycles. The minimum atomic E-state index is -0.998. The van der Waals surface area contributed by atoms with E-state index in [0.717, 1.165) is 29.8 Å². The maximum atomic E-state index is 12.1. The second kappa shape index (κ2) is 11.8. The summed E-state index contributed by atoms with van der Waals surface area (Å²) in [7, 11) is 0. The van der Waals surface area contributed by atoms with Crippen LogP contribution in [0.15, 0.2) is 48.5 Å². The van der Waals surface area contributed by atoms with E-state index in [9.17, 15) is 14.7 Å². The van der Waals surface area contributed by atoms with Gasteiger partial charge in [-0.3, -0.25) is 14.5 Å². The number of aliphatic hydroxyl groups is 1. The minimum Gasteiger partial charge on any atom is -0.481 e. The number of aliphatic hydroxyl groups excluding tert-OH is 1. The van der Waals surface area contributed by atoms with E-state index in [1.807, 2.05) is 36.4 Å². The van der Waals surface area contributed by atoms with Crippen LogP contribution in [0.4, 0.5) is 5.69 Å². The summed E-state index contributed by atoms with van der Waals surface area (Å²) in [5.74, 6) is -1.22. The zero-order valence-corrected chi connectivity index (χ0v) is 24.6. The molecule has 8 nitrogen and oxygen atoms in total. The van der Waals surface area contributed by atoms with Gasteiger partial charge in [0, 0.05) is 42.7 Å². The van der Waals surface area contributed by atoms with E-state index >= 15 is 0 Å². The van der Waals surface area contributed by atoms with Gasteiger partial charge in [0.25, 0.3) is 0 Å². The molecule has 2 unspecified atom stereocenters. The number of hydrogen-bond acceptors (Lipinski definition) is 6. The van der Waals surface area contributed by atoms with Crippen LogP contribution in [0.25, 0.3) is 0 Å². The lowest BCUT2D eigenvalue weighted by molar-refractivity contribution is -0.276. The number of nitrogens with one attached hydrogen (secondary N) is 1. The fourth-order valence-electron chi connectivity index (χ4n) is 7.52. The molecule has 2 saturated heterocycles. The summed E-state index contributed by atoms with van der Waals surface area (Å²) < 4.78 is 13.3. The van der Waals surface area contributed by atoms with Gasteiger partial charge in [0.2, 0.25) is 5.91 Å². The molecule has 2 aromatic carbocycles. The van der Waals surface area contributed by atoms with E-state index in [4.69, 9.17) is 14.6 Å². The van der Waals surface area contributed by atoms with Crippen LogP contribution in [-0.4, -0.2) is 52.2 Å². The summed E-state index contributed by atoms with van der Waals surface area (Å²) in [6, 6.07) is 15.9. The molecule has 0 aromatic heterocycles. The molecule has 3 aliphatic rings. The fraction of sp³-hybridized carbons (Fsp3) is 0.576. The average molecular weight is 565 g/mol. The Bertz CT molecular complexity index is 1230. The van der Waals surface area contributed by atoms with E-state index in [1.54, 1.807) is 12.1 Å². The molecule has 5 rings (SSSR count). The van der Waals surface area contributed by atoms with Crippen molar-refractivity contribution in [2.75, 3.05) is 18.4 Å². The van der Waals surface area contributed by atoms with Crippen molar-refractivity contribution in [1.29, 1.82) is 0 Å². The van der Waals surface area contributed by atoms with Gasteiger partial charge < -0.3 is 25.0 Å². The summed E-state index contributed by atoms with van der Waals surface area (Å²) in [5.41, 5.74) is 4.06. The third kappa shape index (κ3) is 7.00. The van der Waals surface area contributed by atoms with Gasteiger partial charge in [0.1, 0.15) is 0 Å².